The molecule has 0 radical (unpaired) electrons. The SMILES string of the molecule is Cc1csc(C(C)(C)NCCC(=O)Nc2ccc(F)cc2)n1. The number of carbonyl (C=O) groups excluding carboxylic acids is 1. The molecule has 0 saturated carbocycles. The zero-order chi connectivity index (χ0) is 16.2. The molecule has 0 saturated heterocycles. The number of rotatable bonds is 6. The van der Waals surface area contributed by atoms with Crippen LogP contribution in [0.2, 0.25) is 0 Å². The van der Waals surface area contributed by atoms with Crippen molar-refractivity contribution >= 4 is 22.9 Å². The van der Waals surface area contributed by atoms with E-state index >= 15 is 0 Å². The molecule has 0 aliphatic heterocycles. The maximum absolute atomic E-state index is 12.8. The third-order valence-corrected chi connectivity index (χ3v) is 4.48. The number of thiazole rings is 1. The Hall–Kier alpha value is -1.79. The van der Waals surface area contributed by atoms with Crippen LogP contribution in [0.15, 0.2) is 29.6 Å². The highest BCUT2D eigenvalue weighted by atomic mass is 32.1. The van der Waals surface area contributed by atoms with Gasteiger partial charge < -0.3 is 10.6 Å². The van der Waals surface area contributed by atoms with Crippen molar-refractivity contribution in [1.82, 2.24) is 10.3 Å². The minimum Gasteiger partial charge on any atom is -0.326 e. The average Bonchev–Trinajstić information content (AvgIpc) is 2.89. The van der Waals surface area contributed by atoms with Crippen LogP contribution in [0, 0.1) is 12.7 Å². The first-order valence-corrected chi connectivity index (χ1v) is 7.98. The minimum atomic E-state index is -0.319. The van der Waals surface area contributed by atoms with Crippen molar-refractivity contribution in [3.63, 3.8) is 0 Å². The van der Waals surface area contributed by atoms with Gasteiger partial charge in [-0.2, -0.15) is 0 Å². The van der Waals surface area contributed by atoms with Crippen LogP contribution in [0.3, 0.4) is 0 Å². The van der Waals surface area contributed by atoms with Gasteiger partial charge in [0.1, 0.15) is 10.8 Å². The number of hydrogen-bond acceptors (Lipinski definition) is 4. The van der Waals surface area contributed by atoms with Gasteiger partial charge in [-0.1, -0.05) is 0 Å². The number of halogens is 1. The lowest BCUT2D eigenvalue weighted by Crippen LogP contribution is -2.38. The summed E-state index contributed by atoms with van der Waals surface area (Å²) in [6.07, 6.45) is 0.338. The highest BCUT2D eigenvalue weighted by Crippen LogP contribution is 2.23. The van der Waals surface area contributed by atoms with Crippen LogP contribution < -0.4 is 10.6 Å². The summed E-state index contributed by atoms with van der Waals surface area (Å²) in [5.74, 6) is -0.426. The maximum atomic E-state index is 12.8. The van der Waals surface area contributed by atoms with Crippen molar-refractivity contribution in [3.05, 3.63) is 46.2 Å². The van der Waals surface area contributed by atoms with Crippen LogP contribution in [-0.4, -0.2) is 17.4 Å². The number of benzene rings is 1. The van der Waals surface area contributed by atoms with E-state index in [1.165, 1.54) is 12.1 Å². The van der Waals surface area contributed by atoms with Crippen LogP contribution in [0.25, 0.3) is 0 Å². The molecule has 0 fully saturated rings. The zero-order valence-electron chi connectivity index (χ0n) is 12.9. The number of amides is 1. The molecule has 0 spiro atoms. The van der Waals surface area contributed by atoms with Crippen LogP contribution in [0.5, 0.6) is 0 Å². The standard InChI is InChI=1S/C16H20FN3OS/c1-11-10-22-15(19-11)16(2,3)18-9-8-14(21)20-13-6-4-12(17)5-7-13/h4-7,10,18H,8-9H2,1-3H3,(H,20,21). The number of hydrogen-bond donors (Lipinski definition) is 2. The fraction of sp³-hybridized carbons (Fsp3) is 0.375. The molecule has 2 aromatic rings. The molecule has 0 bridgehead atoms. The van der Waals surface area contributed by atoms with Gasteiger partial charge in [0, 0.05) is 29.7 Å². The van der Waals surface area contributed by atoms with Crippen molar-refractivity contribution in [2.75, 3.05) is 11.9 Å². The van der Waals surface area contributed by atoms with Crippen molar-refractivity contribution in [3.8, 4) is 0 Å². The lowest BCUT2D eigenvalue weighted by atomic mass is 10.1. The first-order chi connectivity index (χ1) is 10.4. The van der Waals surface area contributed by atoms with Gasteiger partial charge in [0.25, 0.3) is 0 Å². The van der Waals surface area contributed by atoms with Crippen molar-refractivity contribution in [2.24, 2.45) is 0 Å². The van der Waals surface area contributed by atoms with Gasteiger partial charge in [-0.25, -0.2) is 9.37 Å². The second-order valence-corrected chi connectivity index (χ2v) is 6.51. The van der Waals surface area contributed by atoms with Gasteiger partial charge in [0.05, 0.1) is 5.54 Å². The zero-order valence-corrected chi connectivity index (χ0v) is 13.8. The highest BCUT2D eigenvalue weighted by Gasteiger charge is 2.23. The molecule has 118 valence electrons. The number of aromatic nitrogens is 1. The first kappa shape index (κ1) is 16.6. The van der Waals surface area contributed by atoms with E-state index in [1.54, 1.807) is 23.5 Å². The normalized spacial score (nSPS) is 11.5. The molecule has 0 atom stereocenters. The number of carbonyl (C=O) groups is 1. The summed E-state index contributed by atoms with van der Waals surface area (Å²) in [4.78, 5) is 16.3. The summed E-state index contributed by atoms with van der Waals surface area (Å²) >= 11 is 1.61. The Labute approximate surface area is 133 Å². The quantitative estimate of drug-likeness (QED) is 0.857. The molecule has 1 aromatic carbocycles. The third kappa shape index (κ3) is 4.61. The molecule has 2 N–H and O–H groups in total. The van der Waals surface area contributed by atoms with E-state index in [4.69, 9.17) is 0 Å². The Balaban J connectivity index is 1.80. The summed E-state index contributed by atoms with van der Waals surface area (Å²) in [6.45, 7) is 6.59. The largest absolute Gasteiger partial charge is 0.326 e. The second kappa shape index (κ2) is 6.98. The molecular formula is C16H20FN3OS. The van der Waals surface area contributed by atoms with Crippen LogP contribution >= 0.6 is 11.3 Å². The summed E-state index contributed by atoms with van der Waals surface area (Å²) in [6, 6.07) is 5.73. The van der Waals surface area contributed by atoms with Crippen LogP contribution in [0.4, 0.5) is 10.1 Å². The Morgan fingerprint density at radius 2 is 2.00 bits per heavy atom. The molecule has 1 heterocycles. The smallest absolute Gasteiger partial charge is 0.225 e. The number of anilines is 1. The monoisotopic (exact) mass is 321 g/mol. The fourth-order valence-electron chi connectivity index (χ4n) is 1.96. The van der Waals surface area contributed by atoms with E-state index in [0.717, 1.165) is 10.7 Å². The fourth-order valence-corrected chi connectivity index (χ4v) is 2.86. The van der Waals surface area contributed by atoms with Gasteiger partial charge in [-0.15, -0.1) is 11.3 Å². The third-order valence-electron chi connectivity index (χ3n) is 3.20. The molecule has 4 nitrogen and oxygen atoms in total. The van der Waals surface area contributed by atoms with E-state index in [2.05, 4.69) is 15.6 Å². The van der Waals surface area contributed by atoms with Gasteiger partial charge in [-0.05, 0) is 45.0 Å². The molecule has 0 unspecified atom stereocenters. The van der Waals surface area contributed by atoms with Gasteiger partial charge in [0.2, 0.25) is 5.91 Å². The predicted molar refractivity (Wildman–Crippen MR) is 87.5 cm³/mol. The van der Waals surface area contributed by atoms with Gasteiger partial charge >= 0.3 is 0 Å². The lowest BCUT2D eigenvalue weighted by Gasteiger charge is -2.23. The molecular weight excluding hydrogens is 301 g/mol. The van der Waals surface area contributed by atoms with Crippen molar-refractivity contribution in [1.29, 1.82) is 0 Å². The number of aryl methyl sites for hydroxylation is 1. The summed E-state index contributed by atoms with van der Waals surface area (Å²) in [7, 11) is 0. The summed E-state index contributed by atoms with van der Waals surface area (Å²) in [5, 5.41) is 9.10. The minimum absolute atomic E-state index is 0.106. The Morgan fingerprint density at radius 1 is 1.32 bits per heavy atom. The summed E-state index contributed by atoms with van der Waals surface area (Å²) < 4.78 is 12.8. The molecule has 6 heteroatoms. The van der Waals surface area contributed by atoms with E-state index < -0.39 is 0 Å². The van der Waals surface area contributed by atoms with E-state index in [-0.39, 0.29) is 17.3 Å². The number of nitrogens with zero attached hydrogens (tertiary/aromatic N) is 1. The molecule has 0 aliphatic rings. The second-order valence-electron chi connectivity index (χ2n) is 5.65. The number of nitrogens with one attached hydrogen (secondary N) is 2. The van der Waals surface area contributed by atoms with Gasteiger partial charge in [-0.3, -0.25) is 4.79 Å². The topological polar surface area (TPSA) is 54.0 Å². The first-order valence-electron chi connectivity index (χ1n) is 7.10. The lowest BCUT2D eigenvalue weighted by molar-refractivity contribution is -0.116. The molecule has 0 aliphatic carbocycles. The molecule has 1 amide bonds. The van der Waals surface area contributed by atoms with Crippen LogP contribution in [0.1, 0.15) is 31.0 Å². The molecule has 2 rings (SSSR count). The van der Waals surface area contributed by atoms with Crippen LogP contribution in [-0.2, 0) is 10.3 Å². The van der Waals surface area contributed by atoms with E-state index in [0.29, 0.717) is 18.7 Å². The average molecular weight is 321 g/mol. The van der Waals surface area contributed by atoms with Gasteiger partial charge in [0.15, 0.2) is 0 Å². The highest BCUT2D eigenvalue weighted by molar-refractivity contribution is 7.09. The Kier molecular flexibility index (Phi) is 5.26. The van der Waals surface area contributed by atoms with Crippen molar-refractivity contribution < 1.29 is 9.18 Å². The Bertz CT molecular complexity index is 637. The predicted octanol–water partition coefficient (Wildman–Crippen LogP) is 3.44. The molecule has 22 heavy (non-hydrogen) atoms. The molecule has 1 aromatic heterocycles. The van der Waals surface area contributed by atoms with E-state index in [1.807, 2.05) is 26.2 Å². The van der Waals surface area contributed by atoms with Crippen molar-refractivity contribution in [2.45, 2.75) is 32.7 Å². The Morgan fingerprint density at radius 3 is 2.59 bits per heavy atom. The maximum Gasteiger partial charge on any atom is 0.225 e. The van der Waals surface area contributed by atoms with E-state index in [9.17, 15) is 9.18 Å². The summed E-state index contributed by atoms with van der Waals surface area (Å²) in [5.41, 5.74) is 1.33.